The molecule has 124 valence electrons. The van der Waals surface area contributed by atoms with Crippen LogP contribution in [0.15, 0.2) is 54.5 Å². The van der Waals surface area contributed by atoms with Gasteiger partial charge in [0.1, 0.15) is 11.6 Å². The summed E-state index contributed by atoms with van der Waals surface area (Å²) in [6, 6.07) is 12.1. The molecule has 3 aromatic rings. The third-order valence-corrected chi connectivity index (χ3v) is 4.19. The van der Waals surface area contributed by atoms with Gasteiger partial charge in [-0.2, -0.15) is 5.26 Å². The maximum absolute atomic E-state index is 12.2. The second-order valence-corrected chi connectivity index (χ2v) is 5.79. The van der Waals surface area contributed by atoms with Crippen LogP contribution in [0.5, 0.6) is 0 Å². The number of rotatable bonds is 4. The van der Waals surface area contributed by atoms with Gasteiger partial charge in [0, 0.05) is 11.9 Å². The molecule has 0 aliphatic carbocycles. The highest BCUT2D eigenvalue weighted by Gasteiger charge is 2.12. The number of halogens is 2. The molecule has 3 N–H and O–H groups in total. The number of carbonyl (C=O) groups is 1. The van der Waals surface area contributed by atoms with Crippen molar-refractivity contribution in [3.05, 3.63) is 64.5 Å². The average Bonchev–Trinajstić information content (AvgIpc) is 3.07. The van der Waals surface area contributed by atoms with E-state index in [4.69, 9.17) is 23.2 Å². The molecular formula is C17H11Cl2N5O. The molecule has 0 bridgehead atoms. The Morgan fingerprint density at radius 3 is 2.92 bits per heavy atom. The molecule has 0 spiro atoms. The summed E-state index contributed by atoms with van der Waals surface area (Å²) >= 11 is 11.9. The van der Waals surface area contributed by atoms with E-state index >= 15 is 0 Å². The van der Waals surface area contributed by atoms with Crippen LogP contribution in [0.1, 0.15) is 0 Å². The Kier molecular flexibility index (Phi) is 4.89. The molecule has 1 heterocycles. The number of imidazole rings is 1. The lowest BCUT2D eigenvalue weighted by atomic mass is 10.2. The molecule has 0 saturated heterocycles. The van der Waals surface area contributed by atoms with E-state index in [2.05, 4.69) is 20.6 Å². The highest BCUT2D eigenvalue weighted by atomic mass is 35.5. The number of nitriles is 1. The maximum Gasteiger partial charge on any atom is 0.267 e. The Morgan fingerprint density at radius 2 is 2.12 bits per heavy atom. The number of fused-ring (bicyclic) bond motifs is 1. The van der Waals surface area contributed by atoms with Crippen molar-refractivity contribution < 1.29 is 4.79 Å². The van der Waals surface area contributed by atoms with Gasteiger partial charge in [-0.1, -0.05) is 29.3 Å². The summed E-state index contributed by atoms with van der Waals surface area (Å²) in [5, 5.41) is 15.2. The number of anilines is 2. The van der Waals surface area contributed by atoms with Crippen molar-refractivity contribution in [2.75, 3.05) is 10.6 Å². The van der Waals surface area contributed by atoms with Gasteiger partial charge in [0.25, 0.3) is 5.91 Å². The summed E-state index contributed by atoms with van der Waals surface area (Å²) < 4.78 is 0. The number of carbonyl (C=O) groups excluding carboxylic acids is 1. The molecule has 8 heteroatoms. The zero-order valence-electron chi connectivity index (χ0n) is 12.7. The number of nitrogens with one attached hydrogen (secondary N) is 3. The van der Waals surface area contributed by atoms with Crippen molar-refractivity contribution >= 4 is 51.5 Å². The first kappa shape index (κ1) is 16.8. The highest BCUT2D eigenvalue weighted by molar-refractivity contribution is 6.44. The van der Waals surface area contributed by atoms with E-state index in [9.17, 15) is 10.1 Å². The topological polar surface area (TPSA) is 93.6 Å². The largest absolute Gasteiger partial charge is 0.360 e. The molecular weight excluding hydrogens is 361 g/mol. The Labute approximate surface area is 153 Å². The van der Waals surface area contributed by atoms with Gasteiger partial charge in [-0.15, -0.1) is 0 Å². The van der Waals surface area contributed by atoms with Crippen molar-refractivity contribution in [2.24, 2.45) is 0 Å². The molecule has 2 aromatic carbocycles. The molecule has 0 unspecified atom stereocenters. The summed E-state index contributed by atoms with van der Waals surface area (Å²) in [6.45, 7) is 0. The van der Waals surface area contributed by atoms with Crippen molar-refractivity contribution in [1.82, 2.24) is 9.97 Å². The van der Waals surface area contributed by atoms with Crippen LogP contribution in [0.2, 0.25) is 10.0 Å². The fraction of sp³-hybridized carbons (Fsp3) is 0. The van der Waals surface area contributed by atoms with E-state index < -0.39 is 5.91 Å². The number of aromatic amines is 1. The lowest BCUT2D eigenvalue weighted by molar-refractivity contribution is -0.112. The van der Waals surface area contributed by atoms with Crippen LogP contribution in [-0.2, 0) is 4.79 Å². The third kappa shape index (κ3) is 3.74. The van der Waals surface area contributed by atoms with Crippen molar-refractivity contribution in [1.29, 1.82) is 5.26 Å². The zero-order chi connectivity index (χ0) is 17.8. The van der Waals surface area contributed by atoms with E-state index in [-0.39, 0.29) is 10.6 Å². The van der Waals surface area contributed by atoms with Crippen LogP contribution >= 0.6 is 23.2 Å². The number of hydrogen-bond donors (Lipinski definition) is 3. The zero-order valence-corrected chi connectivity index (χ0v) is 14.2. The van der Waals surface area contributed by atoms with Gasteiger partial charge >= 0.3 is 0 Å². The lowest BCUT2D eigenvalue weighted by Crippen LogP contribution is -2.14. The lowest BCUT2D eigenvalue weighted by Gasteiger charge is -2.08. The molecule has 6 nitrogen and oxygen atoms in total. The van der Waals surface area contributed by atoms with Crippen LogP contribution < -0.4 is 10.6 Å². The van der Waals surface area contributed by atoms with Crippen molar-refractivity contribution in [3.8, 4) is 6.07 Å². The predicted molar refractivity (Wildman–Crippen MR) is 98.5 cm³/mol. The van der Waals surface area contributed by atoms with Gasteiger partial charge in [-0.05, 0) is 30.3 Å². The summed E-state index contributed by atoms with van der Waals surface area (Å²) in [7, 11) is 0. The first-order chi connectivity index (χ1) is 12.1. The molecule has 1 aromatic heterocycles. The van der Waals surface area contributed by atoms with Crippen LogP contribution in [0.3, 0.4) is 0 Å². The Hall–Kier alpha value is -3.01. The fourth-order valence-corrected chi connectivity index (χ4v) is 2.47. The Bertz CT molecular complexity index is 1020. The Balaban J connectivity index is 1.76. The smallest absolute Gasteiger partial charge is 0.267 e. The second kappa shape index (κ2) is 7.26. The number of H-pyrrole nitrogens is 1. The second-order valence-electron chi connectivity index (χ2n) is 5.00. The summed E-state index contributed by atoms with van der Waals surface area (Å²) in [5.41, 5.74) is 2.59. The molecule has 0 aliphatic rings. The van der Waals surface area contributed by atoms with Gasteiger partial charge in [0.2, 0.25) is 0 Å². The minimum absolute atomic E-state index is 0.110. The number of hydrogen-bond acceptors (Lipinski definition) is 4. The van der Waals surface area contributed by atoms with Crippen LogP contribution in [0, 0.1) is 11.3 Å². The SMILES string of the molecule is N#C/C(=C/Nc1ccc2nc[nH]c2c1)C(=O)Nc1cccc(Cl)c1Cl. The van der Waals surface area contributed by atoms with Crippen LogP contribution in [-0.4, -0.2) is 15.9 Å². The molecule has 0 aliphatic heterocycles. The van der Waals surface area contributed by atoms with Gasteiger partial charge in [0.05, 0.1) is 33.1 Å². The highest BCUT2D eigenvalue weighted by Crippen LogP contribution is 2.29. The van der Waals surface area contributed by atoms with Gasteiger partial charge in [-0.25, -0.2) is 4.98 Å². The monoisotopic (exact) mass is 371 g/mol. The molecule has 0 saturated carbocycles. The molecule has 0 radical (unpaired) electrons. The average molecular weight is 372 g/mol. The number of aromatic nitrogens is 2. The maximum atomic E-state index is 12.2. The first-order valence-corrected chi connectivity index (χ1v) is 7.89. The standard InChI is InChI=1S/C17H11Cl2N5O/c18-12-2-1-3-14(16(12)19)24-17(25)10(7-20)8-21-11-4-5-13-15(6-11)23-9-22-13/h1-6,8-9,21H,(H,22,23)(H,24,25)/b10-8-. The third-order valence-electron chi connectivity index (χ3n) is 3.37. The molecule has 0 fully saturated rings. The molecule has 3 rings (SSSR count). The van der Waals surface area contributed by atoms with Gasteiger partial charge in [-0.3, -0.25) is 4.79 Å². The van der Waals surface area contributed by atoms with Crippen molar-refractivity contribution in [3.63, 3.8) is 0 Å². The number of nitrogens with zero attached hydrogens (tertiary/aromatic N) is 2. The minimum Gasteiger partial charge on any atom is -0.360 e. The van der Waals surface area contributed by atoms with E-state index in [0.29, 0.717) is 16.4 Å². The van der Waals surface area contributed by atoms with E-state index in [0.717, 1.165) is 11.0 Å². The van der Waals surface area contributed by atoms with Gasteiger partial charge in [0.15, 0.2) is 0 Å². The van der Waals surface area contributed by atoms with Crippen LogP contribution in [0.25, 0.3) is 11.0 Å². The van der Waals surface area contributed by atoms with E-state index in [1.54, 1.807) is 30.6 Å². The molecule has 0 atom stereocenters. The van der Waals surface area contributed by atoms with Gasteiger partial charge < -0.3 is 15.6 Å². The summed E-state index contributed by atoms with van der Waals surface area (Å²) in [4.78, 5) is 19.3. The Morgan fingerprint density at radius 1 is 1.28 bits per heavy atom. The van der Waals surface area contributed by atoms with E-state index in [1.165, 1.54) is 6.20 Å². The fourth-order valence-electron chi connectivity index (χ4n) is 2.12. The summed E-state index contributed by atoms with van der Waals surface area (Å²) in [5.74, 6) is -0.596. The van der Waals surface area contributed by atoms with Crippen molar-refractivity contribution in [2.45, 2.75) is 0 Å². The molecule has 25 heavy (non-hydrogen) atoms. The number of amides is 1. The predicted octanol–water partition coefficient (Wildman–Crippen LogP) is 4.33. The normalized spacial score (nSPS) is 11.2. The number of benzene rings is 2. The first-order valence-electron chi connectivity index (χ1n) is 7.14. The summed E-state index contributed by atoms with van der Waals surface area (Å²) in [6.07, 6.45) is 2.92. The quantitative estimate of drug-likeness (QED) is 0.469. The minimum atomic E-state index is -0.596. The van der Waals surface area contributed by atoms with E-state index in [1.807, 2.05) is 18.2 Å². The molecule has 1 amide bonds. The van der Waals surface area contributed by atoms with Crippen LogP contribution in [0.4, 0.5) is 11.4 Å².